The first-order valence-electron chi connectivity index (χ1n) is 7.66. The van der Waals surface area contributed by atoms with Gasteiger partial charge < -0.3 is 9.26 Å². The van der Waals surface area contributed by atoms with Crippen molar-refractivity contribution in [1.29, 1.82) is 0 Å². The van der Waals surface area contributed by atoms with Gasteiger partial charge in [0.05, 0.1) is 0 Å². The average Bonchev–Trinajstić information content (AvgIpc) is 3.28. The van der Waals surface area contributed by atoms with E-state index in [0.717, 1.165) is 24.2 Å². The third kappa shape index (κ3) is 2.75. The molecule has 1 aliphatic rings. The fourth-order valence-electron chi connectivity index (χ4n) is 2.92. The highest BCUT2D eigenvalue weighted by atomic mass is 16.5. The van der Waals surface area contributed by atoms with Gasteiger partial charge in [-0.1, -0.05) is 5.16 Å². The van der Waals surface area contributed by atoms with Gasteiger partial charge in [0.1, 0.15) is 6.10 Å². The number of aryl methyl sites for hydroxylation is 1. The fraction of sp³-hybridized carbons (Fsp3) is 0.375. The lowest BCUT2D eigenvalue weighted by molar-refractivity contribution is 0.0578. The first-order chi connectivity index (χ1) is 11.3. The molecule has 0 N–H and O–H groups in total. The van der Waals surface area contributed by atoms with Crippen LogP contribution in [0.1, 0.15) is 24.1 Å². The monoisotopic (exact) mass is 311 g/mol. The minimum absolute atomic E-state index is 0.183. The van der Waals surface area contributed by atoms with Crippen LogP contribution in [0.5, 0.6) is 0 Å². The Bertz CT molecular complexity index is 783. The van der Waals surface area contributed by atoms with Crippen LogP contribution >= 0.6 is 0 Å². The first-order valence-corrected chi connectivity index (χ1v) is 7.66. The minimum atomic E-state index is -0.183. The van der Waals surface area contributed by atoms with Gasteiger partial charge in [0.25, 0.3) is 5.89 Å². The van der Waals surface area contributed by atoms with E-state index < -0.39 is 0 Å². The van der Waals surface area contributed by atoms with Gasteiger partial charge in [0, 0.05) is 48.9 Å². The Morgan fingerprint density at radius 3 is 3.09 bits per heavy atom. The van der Waals surface area contributed by atoms with E-state index in [2.05, 4.69) is 20.2 Å². The molecule has 3 aromatic heterocycles. The molecule has 0 spiro atoms. The van der Waals surface area contributed by atoms with Crippen LogP contribution in [0.4, 0.5) is 0 Å². The number of rotatable bonds is 4. The molecule has 0 aliphatic carbocycles. The maximum absolute atomic E-state index is 5.83. The zero-order valence-electron chi connectivity index (χ0n) is 12.8. The molecule has 0 unspecified atom stereocenters. The van der Waals surface area contributed by atoms with E-state index in [-0.39, 0.29) is 12.0 Å². The smallest absolute Gasteiger partial charge is 0.256 e. The number of nitrogens with zero attached hydrogens (tertiary/aromatic N) is 5. The number of hydrogen-bond acceptors (Lipinski definition) is 6. The molecule has 0 saturated carbocycles. The molecule has 3 aromatic rings. The topological polar surface area (TPSA) is 78.9 Å². The van der Waals surface area contributed by atoms with Crippen molar-refractivity contribution in [3.05, 3.63) is 48.4 Å². The van der Waals surface area contributed by atoms with Crippen molar-refractivity contribution in [2.75, 3.05) is 6.61 Å². The lowest BCUT2D eigenvalue weighted by atomic mass is 10.0. The number of aromatic nitrogens is 5. The zero-order chi connectivity index (χ0) is 15.6. The van der Waals surface area contributed by atoms with E-state index in [1.807, 2.05) is 36.0 Å². The highest BCUT2D eigenvalue weighted by molar-refractivity contribution is 5.56. The Morgan fingerprint density at radius 2 is 2.26 bits per heavy atom. The molecular formula is C16H17N5O2. The molecule has 1 saturated heterocycles. The summed E-state index contributed by atoms with van der Waals surface area (Å²) in [4.78, 5) is 8.79. The van der Waals surface area contributed by atoms with E-state index in [4.69, 9.17) is 9.26 Å². The van der Waals surface area contributed by atoms with Crippen LogP contribution in [-0.2, 0) is 11.3 Å². The van der Waals surface area contributed by atoms with E-state index in [1.165, 1.54) is 0 Å². The Morgan fingerprint density at radius 1 is 1.30 bits per heavy atom. The SMILES string of the molecule is Cc1ncccc1-c1noc([C@H]2OCC[C@H]2Cn2cccn2)n1. The van der Waals surface area contributed by atoms with Gasteiger partial charge in [-0.2, -0.15) is 10.1 Å². The molecule has 7 heteroatoms. The van der Waals surface area contributed by atoms with Gasteiger partial charge >= 0.3 is 0 Å². The normalized spacial score (nSPS) is 20.9. The number of pyridine rings is 1. The molecule has 0 aromatic carbocycles. The summed E-state index contributed by atoms with van der Waals surface area (Å²) in [6, 6.07) is 5.72. The van der Waals surface area contributed by atoms with E-state index >= 15 is 0 Å². The molecule has 4 rings (SSSR count). The maximum atomic E-state index is 5.83. The van der Waals surface area contributed by atoms with E-state index in [1.54, 1.807) is 12.4 Å². The lowest BCUT2D eigenvalue weighted by Gasteiger charge is -2.14. The van der Waals surface area contributed by atoms with Crippen LogP contribution in [0.15, 0.2) is 41.3 Å². The molecular weight excluding hydrogens is 294 g/mol. The Labute approximate surface area is 133 Å². The van der Waals surface area contributed by atoms with Gasteiger partial charge in [0.15, 0.2) is 0 Å². The van der Waals surface area contributed by atoms with Crippen LogP contribution in [0.2, 0.25) is 0 Å². The molecule has 1 fully saturated rings. The largest absolute Gasteiger partial charge is 0.368 e. The van der Waals surface area contributed by atoms with Gasteiger partial charge in [-0.25, -0.2) is 0 Å². The van der Waals surface area contributed by atoms with Crippen molar-refractivity contribution >= 4 is 0 Å². The first kappa shape index (κ1) is 14.1. The maximum Gasteiger partial charge on any atom is 0.256 e. The van der Waals surface area contributed by atoms with Crippen molar-refractivity contribution in [3.63, 3.8) is 0 Å². The highest BCUT2D eigenvalue weighted by Gasteiger charge is 2.34. The second-order valence-electron chi connectivity index (χ2n) is 5.66. The molecule has 23 heavy (non-hydrogen) atoms. The summed E-state index contributed by atoms with van der Waals surface area (Å²) in [6.07, 6.45) is 6.25. The fourth-order valence-corrected chi connectivity index (χ4v) is 2.92. The van der Waals surface area contributed by atoms with Crippen molar-refractivity contribution < 1.29 is 9.26 Å². The van der Waals surface area contributed by atoms with Crippen molar-refractivity contribution in [1.82, 2.24) is 24.9 Å². The minimum Gasteiger partial charge on any atom is -0.368 e. The molecule has 1 aliphatic heterocycles. The molecule has 118 valence electrons. The summed E-state index contributed by atoms with van der Waals surface area (Å²) in [5, 5.41) is 8.35. The summed E-state index contributed by atoms with van der Waals surface area (Å²) in [5.74, 6) is 1.36. The van der Waals surface area contributed by atoms with Gasteiger partial charge in [-0.3, -0.25) is 9.67 Å². The molecule has 0 amide bonds. The van der Waals surface area contributed by atoms with E-state index in [0.29, 0.717) is 18.3 Å². The zero-order valence-corrected chi connectivity index (χ0v) is 12.8. The quantitative estimate of drug-likeness (QED) is 0.736. The predicted octanol–water partition coefficient (Wildman–Crippen LogP) is 2.41. The van der Waals surface area contributed by atoms with Gasteiger partial charge in [-0.15, -0.1) is 0 Å². The van der Waals surface area contributed by atoms with Crippen LogP contribution in [0.3, 0.4) is 0 Å². The Balaban J connectivity index is 1.57. The molecule has 2 atom stereocenters. The van der Waals surface area contributed by atoms with Crippen molar-refractivity contribution in [2.24, 2.45) is 5.92 Å². The second-order valence-corrected chi connectivity index (χ2v) is 5.66. The number of ether oxygens (including phenoxy) is 1. The Hall–Kier alpha value is -2.54. The highest BCUT2D eigenvalue weighted by Crippen LogP contribution is 2.35. The third-order valence-corrected chi connectivity index (χ3v) is 4.13. The van der Waals surface area contributed by atoms with Gasteiger partial charge in [0.2, 0.25) is 5.82 Å². The Kier molecular flexibility index (Phi) is 3.63. The summed E-state index contributed by atoms with van der Waals surface area (Å²) in [7, 11) is 0. The second kappa shape index (κ2) is 5.92. The van der Waals surface area contributed by atoms with Crippen LogP contribution in [-0.4, -0.2) is 31.5 Å². The summed E-state index contributed by atoms with van der Waals surface area (Å²) in [6.45, 7) is 3.40. The van der Waals surface area contributed by atoms with Crippen LogP contribution in [0.25, 0.3) is 11.4 Å². The van der Waals surface area contributed by atoms with Crippen molar-refractivity contribution in [3.8, 4) is 11.4 Å². The molecule has 0 radical (unpaired) electrons. The van der Waals surface area contributed by atoms with Crippen LogP contribution in [0, 0.1) is 12.8 Å². The van der Waals surface area contributed by atoms with Gasteiger partial charge in [-0.05, 0) is 31.5 Å². The van der Waals surface area contributed by atoms with Crippen molar-refractivity contribution in [2.45, 2.75) is 26.0 Å². The molecule has 7 nitrogen and oxygen atoms in total. The molecule has 0 bridgehead atoms. The standard InChI is InChI=1S/C16H17N5O2/c1-11-13(4-2-6-17-11)15-19-16(23-20-15)14-12(5-9-22-14)10-21-8-3-7-18-21/h2-4,6-8,12,14H,5,9-10H2,1H3/t12-,14-/m0/s1. The van der Waals surface area contributed by atoms with E-state index in [9.17, 15) is 0 Å². The van der Waals surface area contributed by atoms with Crippen LogP contribution < -0.4 is 0 Å². The molecule has 4 heterocycles. The summed E-state index contributed by atoms with van der Waals surface area (Å²) in [5.41, 5.74) is 1.75. The average molecular weight is 311 g/mol. The lowest BCUT2D eigenvalue weighted by Crippen LogP contribution is -2.15. The third-order valence-electron chi connectivity index (χ3n) is 4.13. The summed E-state index contributed by atoms with van der Waals surface area (Å²) >= 11 is 0. The summed E-state index contributed by atoms with van der Waals surface area (Å²) < 4.78 is 13.2. The number of hydrogen-bond donors (Lipinski definition) is 0. The predicted molar refractivity (Wildman–Crippen MR) is 81.3 cm³/mol.